The minimum absolute atomic E-state index is 0.0694. The van der Waals surface area contributed by atoms with Gasteiger partial charge in [0.1, 0.15) is 11.6 Å². The molecule has 8 nitrogen and oxygen atoms in total. The molecule has 1 heterocycles. The molecule has 3 aromatic rings. The van der Waals surface area contributed by atoms with Crippen LogP contribution in [0.2, 0.25) is 0 Å². The van der Waals surface area contributed by atoms with Gasteiger partial charge in [-0.2, -0.15) is 13.2 Å². The molecule has 0 aliphatic rings. The summed E-state index contributed by atoms with van der Waals surface area (Å²) in [4.78, 5) is 32.6. The van der Waals surface area contributed by atoms with Crippen molar-refractivity contribution in [2.24, 2.45) is 0 Å². The van der Waals surface area contributed by atoms with Crippen LogP contribution in [0.3, 0.4) is 0 Å². The summed E-state index contributed by atoms with van der Waals surface area (Å²) < 4.78 is 38.7. The Bertz CT molecular complexity index is 1200. The van der Waals surface area contributed by atoms with E-state index in [0.717, 1.165) is 23.3 Å². The molecule has 0 unspecified atom stereocenters. The highest BCUT2D eigenvalue weighted by Crippen LogP contribution is 2.29. The molecule has 0 radical (unpaired) electrons. The van der Waals surface area contributed by atoms with E-state index in [9.17, 15) is 22.8 Å². The predicted molar refractivity (Wildman–Crippen MR) is 132 cm³/mol. The molecule has 190 valence electrons. The van der Waals surface area contributed by atoms with Gasteiger partial charge in [0.15, 0.2) is 5.82 Å². The maximum absolute atomic E-state index is 12.9. The van der Waals surface area contributed by atoms with Crippen LogP contribution < -0.4 is 21.3 Å². The zero-order valence-corrected chi connectivity index (χ0v) is 19.9. The number of carbonyl (C=O) groups excluding carboxylic acids is 2. The fourth-order valence-electron chi connectivity index (χ4n) is 3.29. The number of nitrogens with zero attached hydrogens (tertiary/aromatic N) is 2. The van der Waals surface area contributed by atoms with Gasteiger partial charge >= 0.3 is 6.18 Å². The Labute approximate surface area is 206 Å². The summed E-state index contributed by atoms with van der Waals surface area (Å²) in [6.07, 6.45) is -4.52. The number of hydrogen-bond acceptors (Lipinski definition) is 6. The number of hydrogen-bond donors (Lipinski definition) is 4. The largest absolute Gasteiger partial charge is 0.416 e. The molecule has 0 aliphatic carbocycles. The number of carbonyl (C=O) groups is 2. The lowest BCUT2D eigenvalue weighted by Gasteiger charge is -2.16. The van der Waals surface area contributed by atoms with Gasteiger partial charge in [-0.05, 0) is 25.1 Å². The summed E-state index contributed by atoms with van der Waals surface area (Å²) in [5.74, 6) is 0.881. The third-order valence-electron chi connectivity index (χ3n) is 5.12. The van der Waals surface area contributed by atoms with Crippen molar-refractivity contribution in [2.75, 3.05) is 36.8 Å². The Hall–Kier alpha value is -4.15. The van der Waals surface area contributed by atoms with Crippen LogP contribution in [0.15, 0.2) is 54.6 Å². The monoisotopic (exact) mass is 500 g/mol. The van der Waals surface area contributed by atoms with Crippen LogP contribution >= 0.6 is 0 Å². The van der Waals surface area contributed by atoms with E-state index in [4.69, 9.17) is 0 Å². The minimum atomic E-state index is -4.52. The molecule has 4 N–H and O–H groups in total. The molecule has 3 rings (SSSR count). The Morgan fingerprint density at radius 1 is 0.833 bits per heavy atom. The Morgan fingerprint density at radius 2 is 1.44 bits per heavy atom. The van der Waals surface area contributed by atoms with E-state index in [1.54, 1.807) is 0 Å². The van der Waals surface area contributed by atoms with Crippen molar-refractivity contribution < 1.29 is 22.8 Å². The second-order valence-corrected chi connectivity index (χ2v) is 7.91. The standard InChI is InChI=1S/C25H27F3N6O2/c1-16-21(30-12-11-29-17(2)35)33-23(18-7-4-3-5-8-18)34-22(16)31-13-14-32-24(36)19-9-6-10-20(15-19)25(26,27)28/h3-10,15H,11-14H2,1-2H3,(H,29,35)(H,32,36)(H2,30,31,33,34). The number of amides is 2. The molecule has 0 spiro atoms. The first-order valence-electron chi connectivity index (χ1n) is 11.3. The molecular weight excluding hydrogens is 473 g/mol. The van der Waals surface area contributed by atoms with Crippen molar-refractivity contribution in [1.82, 2.24) is 20.6 Å². The second kappa shape index (κ2) is 12.0. The normalized spacial score (nSPS) is 11.0. The van der Waals surface area contributed by atoms with Crippen LogP contribution in [0.1, 0.15) is 28.4 Å². The van der Waals surface area contributed by atoms with E-state index in [2.05, 4.69) is 31.2 Å². The van der Waals surface area contributed by atoms with Gasteiger partial charge in [0, 0.05) is 49.8 Å². The van der Waals surface area contributed by atoms with Crippen molar-refractivity contribution in [3.63, 3.8) is 0 Å². The van der Waals surface area contributed by atoms with Crippen molar-refractivity contribution in [1.29, 1.82) is 0 Å². The highest BCUT2D eigenvalue weighted by atomic mass is 19.4. The summed E-state index contributed by atoms with van der Waals surface area (Å²) in [6.45, 7) is 4.59. The van der Waals surface area contributed by atoms with Gasteiger partial charge in [-0.15, -0.1) is 0 Å². The van der Waals surface area contributed by atoms with E-state index in [1.807, 2.05) is 37.3 Å². The highest BCUT2D eigenvalue weighted by Gasteiger charge is 2.30. The van der Waals surface area contributed by atoms with Crippen molar-refractivity contribution in [3.8, 4) is 11.4 Å². The molecule has 36 heavy (non-hydrogen) atoms. The van der Waals surface area contributed by atoms with E-state index >= 15 is 0 Å². The van der Waals surface area contributed by atoms with Gasteiger partial charge in [0.25, 0.3) is 5.91 Å². The first-order valence-corrected chi connectivity index (χ1v) is 11.3. The summed E-state index contributed by atoms with van der Waals surface area (Å²) in [5.41, 5.74) is 0.599. The van der Waals surface area contributed by atoms with E-state index in [0.29, 0.717) is 30.5 Å². The van der Waals surface area contributed by atoms with Gasteiger partial charge in [-0.25, -0.2) is 9.97 Å². The Balaban J connectivity index is 1.67. The first kappa shape index (κ1) is 26.5. The predicted octanol–water partition coefficient (Wildman–Crippen LogP) is 3.86. The summed E-state index contributed by atoms with van der Waals surface area (Å²) in [5, 5.41) is 11.7. The fraction of sp³-hybridized carbons (Fsp3) is 0.280. The Kier molecular flexibility index (Phi) is 8.82. The van der Waals surface area contributed by atoms with Gasteiger partial charge in [0.05, 0.1) is 5.56 Å². The summed E-state index contributed by atoms with van der Waals surface area (Å²) >= 11 is 0. The molecule has 0 fully saturated rings. The average Bonchev–Trinajstić information content (AvgIpc) is 2.86. The van der Waals surface area contributed by atoms with Crippen molar-refractivity contribution in [2.45, 2.75) is 20.0 Å². The van der Waals surface area contributed by atoms with E-state index in [1.165, 1.54) is 19.1 Å². The van der Waals surface area contributed by atoms with Crippen LogP contribution in [0.4, 0.5) is 24.8 Å². The van der Waals surface area contributed by atoms with E-state index in [-0.39, 0.29) is 24.6 Å². The number of rotatable bonds is 10. The highest BCUT2D eigenvalue weighted by molar-refractivity contribution is 5.94. The zero-order valence-electron chi connectivity index (χ0n) is 19.9. The molecule has 0 atom stereocenters. The first-order chi connectivity index (χ1) is 17.1. The lowest BCUT2D eigenvalue weighted by atomic mass is 10.1. The molecule has 11 heteroatoms. The molecule has 2 amide bonds. The van der Waals surface area contributed by atoms with Gasteiger partial charge in [0.2, 0.25) is 5.91 Å². The van der Waals surface area contributed by atoms with Crippen LogP contribution in [0.5, 0.6) is 0 Å². The molecule has 1 aromatic heterocycles. The summed E-state index contributed by atoms with van der Waals surface area (Å²) in [7, 11) is 0. The van der Waals surface area contributed by atoms with E-state index < -0.39 is 17.6 Å². The van der Waals surface area contributed by atoms with Crippen LogP contribution in [-0.4, -0.2) is 48.0 Å². The third kappa shape index (κ3) is 7.42. The lowest BCUT2D eigenvalue weighted by Crippen LogP contribution is -2.29. The fourth-order valence-corrected chi connectivity index (χ4v) is 3.29. The number of nitrogens with one attached hydrogen (secondary N) is 4. The average molecular weight is 501 g/mol. The second-order valence-electron chi connectivity index (χ2n) is 7.91. The molecular formula is C25H27F3N6O2. The molecule has 0 bridgehead atoms. The van der Waals surface area contributed by atoms with Crippen molar-refractivity contribution >= 4 is 23.5 Å². The quantitative estimate of drug-likeness (QED) is 0.315. The lowest BCUT2D eigenvalue weighted by molar-refractivity contribution is -0.137. The number of aromatic nitrogens is 2. The maximum Gasteiger partial charge on any atom is 0.416 e. The number of benzene rings is 2. The van der Waals surface area contributed by atoms with Crippen molar-refractivity contribution in [3.05, 3.63) is 71.3 Å². The third-order valence-corrected chi connectivity index (χ3v) is 5.12. The molecule has 0 aliphatic heterocycles. The topological polar surface area (TPSA) is 108 Å². The zero-order chi connectivity index (χ0) is 26.1. The smallest absolute Gasteiger partial charge is 0.368 e. The molecule has 0 saturated carbocycles. The van der Waals surface area contributed by atoms with Gasteiger partial charge < -0.3 is 21.3 Å². The maximum atomic E-state index is 12.9. The Morgan fingerprint density at radius 3 is 2.03 bits per heavy atom. The number of halogens is 3. The minimum Gasteiger partial charge on any atom is -0.368 e. The number of alkyl halides is 3. The molecule has 0 saturated heterocycles. The number of anilines is 2. The molecule has 2 aromatic carbocycles. The summed E-state index contributed by atoms with van der Waals surface area (Å²) in [6, 6.07) is 13.7. The van der Waals surface area contributed by atoms with Crippen LogP contribution in [0, 0.1) is 6.92 Å². The van der Waals surface area contributed by atoms with Gasteiger partial charge in [-0.3, -0.25) is 9.59 Å². The SMILES string of the molecule is CC(=O)NCCNc1nc(-c2ccccc2)nc(NCCNC(=O)c2cccc(C(F)(F)F)c2)c1C. The van der Waals surface area contributed by atoms with Gasteiger partial charge in [-0.1, -0.05) is 36.4 Å². The van der Waals surface area contributed by atoms with Crippen LogP contribution in [0.25, 0.3) is 11.4 Å². The van der Waals surface area contributed by atoms with Crippen LogP contribution in [-0.2, 0) is 11.0 Å².